The molecule has 0 saturated heterocycles. The highest BCUT2D eigenvalue weighted by Gasteiger charge is 2.51. The van der Waals surface area contributed by atoms with Crippen LogP contribution in [0.2, 0.25) is 0 Å². The van der Waals surface area contributed by atoms with Gasteiger partial charge >= 0.3 is 0 Å². The van der Waals surface area contributed by atoms with Crippen molar-refractivity contribution in [2.24, 2.45) is 29.1 Å². The fourth-order valence-corrected chi connectivity index (χ4v) is 7.31. The summed E-state index contributed by atoms with van der Waals surface area (Å²) in [5.74, 6) is 2.73. The fourth-order valence-electron chi connectivity index (χ4n) is 7.31. The summed E-state index contributed by atoms with van der Waals surface area (Å²) in [6.45, 7) is 15.3. The number of hydrogen-bond donors (Lipinski definition) is 3. The molecule has 182 valence electrons. The van der Waals surface area contributed by atoms with E-state index in [1.807, 2.05) is 13.8 Å². The number of fused-ring (bicyclic) bond motifs is 1. The van der Waals surface area contributed by atoms with Gasteiger partial charge in [-0.25, -0.2) is 0 Å². The van der Waals surface area contributed by atoms with Gasteiger partial charge < -0.3 is 15.3 Å². The molecule has 0 radical (unpaired) electrons. The van der Waals surface area contributed by atoms with E-state index in [1.165, 1.54) is 38.5 Å². The van der Waals surface area contributed by atoms with Gasteiger partial charge in [0.05, 0.1) is 17.8 Å². The van der Waals surface area contributed by atoms with Gasteiger partial charge in [0.2, 0.25) is 0 Å². The quantitative estimate of drug-likeness (QED) is 0.429. The van der Waals surface area contributed by atoms with Crippen molar-refractivity contribution in [2.75, 3.05) is 0 Å². The van der Waals surface area contributed by atoms with Crippen LogP contribution in [0.15, 0.2) is 35.5 Å². The zero-order valence-corrected chi connectivity index (χ0v) is 21.2. The van der Waals surface area contributed by atoms with E-state index in [0.29, 0.717) is 36.0 Å². The Morgan fingerprint density at radius 3 is 2.59 bits per heavy atom. The number of aliphatic hydroxyl groups is 3. The van der Waals surface area contributed by atoms with Gasteiger partial charge in [0.25, 0.3) is 0 Å². The van der Waals surface area contributed by atoms with Crippen LogP contribution in [0.25, 0.3) is 0 Å². The monoisotopic (exact) mass is 444 g/mol. The Hall–Kier alpha value is -0.900. The van der Waals surface area contributed by atoms with E-state index >= 15 is 0 Å². The summed E-state index contributed by atoms with van der Waals surface area (Å²) in [7, 11) is 0. The van der Waals surface area contributed by atoms with E-state index in [2.05, 4.69) is 39.5 Å². The SMILES string of the molecule is C=C1C(=CC=C2CCC[C@@]3(C)C2CC[C@@H]3[C@H](C)C(CC)CCC(C)(C)O)C[C@@H](O)CC1O. The smallest absolute Gasteiger partial charge is 0.0811 e. The lowest BCUT2D eigenvalue weighted by atomic mass is 9.59. The average Bonchev–Trinajstić information content (AvgIpc) is 3.06. The first kappa shape index (κ1) is 25.7. The first-order valence-corrected chi connectivity index (χ1v) is 13.1. The maximum Gasteiger partial charge on any atom is 0.0811 e. The number of allylic oxidation sites excluding steroid dienone is 3. The normalized spacial score (nSPS) is 38.2. The summed E-state index contributed by atoms with van der Waals surface area (Å²) in [4.78, 5) is 0. The molecule has 0 aromatic carbocycles. The standard InChI is InChI=1S/C29H48O3/c1-7-21(14-16-28(4,5)32)19(2)25-12-13-26-22(9-8-15-29(25,26)6)10-11-23-17-24(30)18-27(31)20(23)3/h10-11,19,21,24-27,30-32H,3,7-9,12-18H2,1-2,4-6H3/t19-,21?,24-,25-,26?,27?,29-/m1/s1. The molecule has 3 nitrogen and oxygen atoms in total. The molecule has 3 saturated carbocycles. The minimum absolute atomic E-state index is 0.354. The van der Waals surface area contributed by atoms with Crippen LogP contribution in [0.5, 0.6) is 0 Å². The van der Waals surface area contributed by atoms with E-state index in [4.69, 9.17) is 0 Å². The molecule has 3 aliphatic carbocycles. The van der Waals surface area contributed by atoms with Crippen LogP contribution in [-0.2, 0) is 0 Å². The van der Waals surface area contributed by atoms with Crippen molar-refractivity contribution in [1.82, 2.24) is 0 Å². The second-order valence-corrected chi connectivity index (χ2v) is 12.0. The van der Waals surface area contributed by atoms with E-state index in [0.717, 1.165) is 29.9 Å². The molecule has 0 spiro atoms. The van der Waals surface area contributed by atoms with Gasteiger partial charge in [-0.15, -0.1) is 0 Å². The molecule has 0 heterocycles. The number of hydrogen-bond acceptors (Lipinski definition) is 3. The van der Waals surface area contributed by atoms with Gasteiger partial charge in [0.15, 0.2) is 0 Å². The van der Waals surface area contributed by atoms with Crippen LogP contribution in [0.1, 0.15) is 98.8 Å². The van der Waals surface area contributed by atoms with Gasteiger partial charge in [0.1, 0.15) is 0 Å². The van der Waals surface area contributed by atoms with Gasteiger partial charge in [-0.2, -0.15) is 0 Å². The third-order valence-electron chi connectivity index (χ3n) is 9.33. The lowest BCUT2D eigenvalue weighted by Crippen LogP contribution is -2.38. The Morgan fingerprint density at radius 1 is 1.22 bits per heavy atom. The van der Waals surface area contributed by atoms with Crippen LogP contribution in [0, 0.1) is 29.1 Å². The predicted octanol–water partition coefficient (Wildman–Crippen LogP) is 6.34. The molecule has 0 aliphatic heterocycles. The van der Waals surface area contributed by atoms with Crippen molar-refractivity contribution in [2.45, 2.75) is 117 Å². The van der Waals surface area contributed by atoms with E-state index in [1.54, 1.807) is 5.57 Å². The maximum absolute atomic E-state index is 10.2. The molecular formula is C29H48O3. The molecule has 0 aromatic rings. The topological polar surface area (TPSA) is 60.7 Å². The molecule has 0 aromatic heterocycles. The van der Waals surface area contributed by atoms with Crippen molar-refractivity contribution in [3.8, 4) is 0 Å². The van der Waals surface area contributed by atoms with Crippen LogP contribution >= 0.6 is 0 Å². The molecule has 0 bridgehead atoms. The van der Waals surface area contributed by atoms with E-state index < -0.39 is 17.8 Å². The summed E-state index contributed by atoms with van der Waals surface area (Å²) >= 11 is 0. The molecule has 3 unspecified atom stereocenters. The summed E-state index contributed by atoms with van der Waals surface area (Å²) < 4.78 is 0. The van der Waals surface area contributed by atoms with E-state index in [-0.39, 0.29) is 0 Å². The highest BCUT2D eigenvalue weighted by Crippen LogP contribution is 2.60. The van der Waals surface area contributed by atoms with Gasteiger partial charge in [-0.05, 0) is 105 Å². The Kier molecular flexibility index (Phi) is 8.16. The van der Waals surface area contributed by atoms with Crippen molar-refractivity contribution < 1.29 is 15.3 Å². The highest BCUT2D eigenvalue weighted by molar-refractivity contribution is 5.38. The summed E-state index contributed by atoms with van der Waals surface area (Å²) in [6, 6.07) is 0. The van der Waals surface area contributed by atoms with Crippen molar-refractivity contribution >= 4 is 0 Å². The number of aliphatic hydroxyl groups excluding tert-OH is 2. The highest BCUT2D eigenvalue weighted by atomic mass is 16.3. The molecule has 7 atom stereocenters. The van der Waals surface area contributed by atoms with Crippen molar-refractivity contribution in [1.29, 1.82) is 0 Å². The van der Waals surface area contributed by atoms with Gasteiger partial charge in [-0.3, -0.25) is 0 Å². The zero-order chi connectivity index (χ0) is 23.7. The molecule has 0 amide bonds. The Labute approximate surface area is 196 Å². The third-order valence-corrected chi connectivity index (χ3v) is 9.33. The molecule has 3 heteroatoms. The van der Waals surface area contributed by atoms with Crippen LogP contribution < -0.4 is 0 Å². The zero-order valence-electron chi connectivity index (χ0n) is 21.2. The van der Waals surface area contributed by atoms with E-state index in [9.17, 15) is 15.3 Å². The second kappa shape index (κ2) is 10.2. The summed E-state index contributed by atoms with van der Waals surface area (Å²) in [5, 5.41) is 30.5. The molecule has 3 fully saturated rings. The maximum atomic E-state index is 10.2. The third kappa shape index (κ3) is 5.59. The van der Waals surface area contributed by atoms with Crippen LogP contribution in [0.3, 0.4) is 0 Å². The molecule has 32 heavy (non-hydrogen) atoms. The molecule has 3 aliphatic rings. The molecular weight excluding hydrogens is 396 g/mol. The van der Waals surface area contributed by atoms with Crippen molar-refractivity contribution in [3.05, 3.63) is 35.5 Å². The minimum atomic E-state index is -0.619. The van der Waals surface area contributed by atoms with Crippen LogP contribution in [-0.4, -0.2) is 33.1 Å². The fraction of sp³-hybridized carbons (Fsp3) is 0.793. The lowest BCUT2D eigenvalue weighted by molar-refractivity contribution is 0.0404. The lowest BCUT2D eigenvalue weighted by Gasteiger charge is -2.46. The minimum Gasteiger partial charge on any atom is -0.393 e. The first-order valence-electron chi connectivity index (χ1n) is 13.1. The van der Waals surface area contributed by atoms with Gasteiger partial charge in [0, 0.05) is 6.42 Å². The van der Waals surface area contributed by atoms with Gasteiger partial charge in [-0.1, -0.05) is 51.5 Å². The second-order valence-electron chi connectivity index (χ2n) is 12.0. The Balaban J connectivity index is 1.76. The molecule has 3 N–H and O–H groups in total. The van der Waals surface area contributed by atoms with Crippen LogP contribution in [0.4, 0.5) is 0 Å². The average molecular weight is 445 g/mol. The van der Waals surface area contributed by atoms with Crippen molar-refractivity contribution in [3.63, 3.8) is 0 Å². The molecule has 3 rings (SSSR count). The number of rotatable bonds is 7. The largest absolute Gasteiger partial charge is 0.393 e. The predicted molar refractivity (Wildman–Crippen MR) is 133 cm³/mol. The Morgan fingerprint density at radius 2 is 1.94 bits per heavy atom. The summed E-state index contributed by atoms with van der Waals surface area (Å²) in [6.07, 6.45) is 13.8. The Bertz CT molecular complexity index is 727. The summed E-state index contributed by atoms with van der Waals surface area (Å²) in [5.41, 5.74) is 3.13. The first-order chi connectivity index (χ1) is 15.0.